The fraction of sp³-hybridized carbons (Fsp3) is 0.533. The van der Waals surface area contributed by atoms with E-state index in [1.54, 1.807) is 0 Å². The van der Waals surface area contributed by atoms with Gasteiger partial charge in [0.1, 0.15) is 0 Å². The maximum atomic E-state index is 7.54. The smallest absolute Gasteiger partial charge is 0.0963 e. The number of nitrogens with one attached hydrogen (secondary N) is 1. The number of rotatable bonds is 7. The molecule has 3 N–H and O–H groups in total. The molecule has 1 aromatic carbocycles. The Bertz CT molecular complexity index is 429. The standard InChI is InChI=1S/C15H24ClN3/c1-15(2,14(17)18)8-5-9-19(3)11-12-6-4-7-13(16)10-12/h4,6-7,10H,5,8-9,11H2,1-3H3,(H3,17,18). The summed E-state index contributed by atoms with van der Waals surface area (Å²) in [6.07, 6.45) is 1.96. The first-order valence-corrected chi connectivity index (χ1v) is 6.96. The first-order valence-electron chi connectivity index (χ1n) is 6.59. The summed E-state index contributed by atoms with van der Waals surface area (Å²) >= 11 is 5.97. The van der Waals surface area contributed by atoms with Crippen molar-refractivity contribution < 1.29 is 0 Å². The van der Waals surface area contributed by atoms with E-state index >= 15 is 0 Å². The van der Waals surface area contributed by atoms with Crippen molar-refractivity contribution in [3.63, 3.8) is 0 Å². The van der Waals surface area contributed by atoms with Crippen LogP contribution in [0.25, 0.3) is 0 Å². The van der Waals surface area contributed by atoms with Gasteiger partial charge in [-0.05, 0) is 44.1 Å². The van der Waals surface area contributed by atoms with Gasteiger partial charge in [0.2, 0.25) is 0 Å². The first-order chi connectivity index (χ1) is 8.81. The third-order valence-electron chi connectivity index (χ3n) is 3.41. The Hall–Kier alpha value is -1.06. The lowest BCUT2D eigenvalue weighted by Crippen LogP contribution is -2.31. The lowest BCUT2D eigenvalue weighted by atomic mass is 9.86. The Balaban J connectivity index is 2.36. The molecule has 1 aromatic rings. The molecule has 0 aliphatic carbocycles. The summed E-state index contributed by atoms with van der Waals surface area (Å²) in [6.45, 7) is 5.92. The normalized spacial score (nSPS) is 11.8. The van der Waals surface area contributed by atoms with Crippen molar-refractivity contribution in [2.45, 2.75) is 33.2 Å². The summed E-state index contributed by atoms with van der Waals surface area (Å²) in [5.74, 6) is 0.269. The predicted molar refractivity (Wildman–Crippen MR) is 82.7 cm³/mol. The van der Waals surface area contributed by atoms with Crippen LogP contribution in [-0.4, -0.2) is 24.3 Å². The SMILES string of the molecule is CN(CCCC(C)(C)C(=N)N)Cc1cccc(Cl)c1. The lowest BCUT2D eigenvalue weighted by molar-refractivity contribution is 0.300. The molecule has 106 valence electrons. The number of nitrogens with zero attached hydrogens (tertiary/aromatic N) is 1. The van der Waals surface area contributed by atoms with Gasteiger partial charge in [0, 0.05) is 17.0 Å². The molecular formula is C15H24ClN3. The zero-order valence-corrected chi connectivity index (χ0v) is 12.8. The molecule has 19 heavy (non-hydrogen) atoms. The van der Waals surface area contributed by atoms with Gasteiger partial charge in [0.25, 0.3) is 0 Å². The van der Waals surface area contributed by atoms with Crippen LogP contribution in [0, 0.1) is 10.8 Å². The van der Waals surface area contributed by atoms with Gasteiger partial charge in [-0.25, -0.2) is 0 Å². The van der Waals surface area contributed by atoms with Crippen LogP contribution >= 0.6 is 11.6 Å². The summed E-state index contributed by atoms with van der Waals surface area (Å²) in [7, 11) is 2.10. The van der Waals surface area contributed by atoms with Gasteiger partial charge < -0.3 is 10.6 Å². The van der Waals surface area contributed by atoms with Crippen molar-refractivity contribution in [3.05, 3.63) is 34.9 Å². The second kappa shape index (κ2) is 6.92. The molecule has 0 aliphatic heterocycles. The van der Waals surface area contributed by atoms with E-state index in [9.17, 15) is 0 Å². The summed E-state index contributed by atoms with van der Waals surface area (Å²) in [4.78, 5) is 2.27. The highest BCUT2D eigenvalue weighted by Gasteiger charge is 2.20. The van der Waals surface area contributed by atoms with Crippen molar-refractivity contribution in [2.24, 2.45) is 11.1 Å². The highest BCUT2D eigenvalue weighted by atomic mass is 35.5. The van der Waals surface area contributed by atoms with Gasteiger partial charge in [-0.2, -0.15) is 0 Å². The zero-order valence-electron chi connectivity index (χ0n) is 12.0. The van der Waals surface area contributed by atoms with Crippen LogP contribution in [0.15, 0.2) is 24.3 Å². The van der Waals surface area contributed by atoms with E-state index in [2.05, 4.69) is 18.0 Å². The molecule has 0 saturated heterocycles. The van der Waals surface area contributed by atoms with Crippen LogP contribution in [0.4, 0.5) is 0 Å². The fourth-order valence-electron chi connectivity index (χ4n) is 1.95. The highest BCUT2D eigenvalue weighted by molar-refractivity contribution is 6.30. The number of hydrogen-bond acceptors (Lipinski definition) is 2. The number of halogens is 1. The van der Waals surface area contributed by atoms with E-state index < -0.39 is 0 Å². The molecule has 1 rings (SSSR count). The molecule has 0 aromatic heterocycles. The number of benzene rings is 1. The average molecular weight is 282 g/mol. The molecule has 0 amide bonds. The quantitative estimate of drug-likeness (QED) is 0.593. The number of hydrogen-bond donors (Lipinski definition) is 2. The van der Waals surface area contributed by atoms with Crippen LogP contribution in [0.3, 0.4) is 0 Å². The molecular weight excluding hydrogens is 258 g/mol. The van der Waals surface area contributed by atoms with Gasteiger partial charge in [0.05, 0.1) is 5.84 Å². The Morgan fingerprint density at radius 2 is 2.11 bits per heavy atom. The summed E-state index contributed by atoms with van der Waals surface area (Å²) < 4.78 is 0. The van der Waals surface area contributed by atoms with Crippen molar-refractivity contribution in [3.8, 4) is 0 Å². The molecule has 0 bridgehead atoms. The second-order valence-corrected chi connectivity index (χ2v) is 6.21. The highest BCUT2D eigenvalue weighted by Crippen LogP contribution is 2.22. The van der Waals surface area contributed by atoms with Crippen LogP contribution in [0.2, 0.25) is 5.02 Å². The molecule has 0 atom stereocenters. The van der Waals surface area contributed by atoms with Gasteiger partial charge in [-0.3, -0.25) is 5.41 Å². The lowest BCUT2D eigenvalue weighted by Gasteiger charge is -2.24. The average Bonchev–Trinajstić information content (AvgIpc) is 2.28. The van der Waals surface area contributed by atoms with E-state index in [0.717, 1.165) is 31.0 Å². The Labute approximate surface area is 121 Å². The van der Waals surface area contributed by atoms with Gasteiger partial charge in [-0.15, -0.1) is 0 Å². The number of amidine groups is 1. The molecule has 0 radical (unpaired) electrons. The summed E-state index contributed by atoms with van der Waals surface area (Å²) in [5, 5.41) is 8.32. The zero-order chi connectivity index (χ0) is 14.5. The summed E-state index contributed by atoms with van der Waals surface area (Å²) in [5.41, 5.74) is 6.61. The van der Waals surface area contributed by atoms with Crippen molar-refractivity contribution in [1.29, 1.82) is 5.41 Å². The van der Waals surface area contributed by atoms with Crippen LogP contribution in [0.1, 0.15) is 32.3 Å². The van der Waals surface area contributed by atoms with E-state index in [-0.39, 0.29) is 11.3 Å². The van der Waals surface area contributed by atoms with Crippen molar-refractivity contribution >= 4 is 17.4 Å². The molecule has 0 unspecified atom stereocenters. The van der Waals surface area contributed by atoms with Crippen molar-refractivity contribution in [2.75, 3.05) is 13.6 Å². The minimum Gasteiger partial charge on any atom is -0.387 e. The predicted octanol–water partition coefficient (Wildman–Crippen LogP) is 3.51. The van der Waals surface area contributed by atoms with Gasteiger partial charge >= 0.3 is 0 Å². The van der Waals surface area contributed by atoms with Crippen LogP contribution in [0.5, 0.6) is 0 Å². The van der Waals surface area contributed by atoms with E-state index in [4.69, 9.17) is 22.7 Å². The Morgan fingerprint density at radius 3 is 2.68 bits per heavy atom. The molecule has 0 heterocycles. The fourth-order valence-corrected chi connectivity index (χ4v) is 2.16. The van der Waals surface area contributed by atoms with E-state index in [1.165, 1.54) is 5.56 Å². The third-order valence-corrected chi connectivity index (χ3v) is 3.65. The minimum absolute atomic E-state index is 0.198. The Kier molecular flexibility index (Phi) is 5.83. The number of nitrogens with two attached hydrogens (primary N) is 1. The van der Waals surface area contributed by atoms with Gasteiger partial charge in [-0.1, -0.05) is 37.6 Å². The molecule has 4 heteroatoms. The van der Waals surface area contributed by atoms with Crippen molar-refractivity contribution in [1.82, 2.24) is 4.90 Å². The topological polar surface area (TPSA) is 53.1 Å². The molecule has 0 saturated carbocycles. The molecule has 0 fully saturated rings. The minimum atomic E-state index is -0.198. The van der Waals surface area contributed by atoms with Crippen LogP contribution < -0.4 is 5.73 Å². The van der Waals surface area contributed by atoms with E-state index in [1.807, 2.05) is 32.0 Å². The maximum Gasteiger partial charge on any atom is 0.0963 e. The second-order valence-electron chi connectivity index (χ2n) is 5.77. The molecule has 0 aliphatic rings. The van der Waals surface area contributed by atoms with E-state index in [0.29, 0.717) is 0 Å². The monoisotopic (exact) mass is 281 g/mol. The first kappa shape index (κ1) is 16.0. The molecule has 3 nitrogen and oxygen atoms in total. The maximum absolute atomic E-state index is 7.54. The summed E-state index contributed by atoms with van der Waals surface area (Å²) in [6, 6.07) is 7.95. The Morgan fingerprint density at radius 1 is 1.42 bits per heavy atom. The third kappa shape index (κ3) is 5.62. The largest absolute Gasteiger partial charge is 0.387 e. The molecule has 0 spiro atoms. The van der Waals surface area contributed by atoms with Gasteiger partial charge in [0.15, 0.2) is 0 Å². The van der Waals surface area contributed by atoms with Crippen LogP contribution in [-0.2, 0) is 6.54 Å².